The molecule has 5 rings (SSSR count). The quantitative estimate of drug-likeness (QED) is 0.591. The van der Waals surface area contributed by atoms with E-state index in [0.717, 1.165) is 51.4 Å². The van der Waals surface area contributed by atoms with Crippen molar-refractivity contribution in [3.8, 4) is 0 Å². The van der Waals surface area contributed by atoms with E-state index >= 15 is 0 Å². The molecule has 0 spiro atoms. The molecule has 0 saturated carbocycles. The van der Waals surface area contributed by atoms with Gasteiger partial charge in [-0.25, -0.2) is 10.1 Å². The lowest BCUT2D eigenvalue weighted by Gasteiger charge is -2.28. The predicted molar refractivity (Wildman–Crippen MR) is 123 cm³/mol. The van der Waals surface area contributed by atoms with Gasteiger partial charge >= 0.3 is 0 Å². The van der Waals surface area contributed by atoms with Crippen LogP contribution < -0.4 is 26.0 Å². The molecule has 2 aliphatic heterocycles. The molecule has 2 aliphatic rings. The first kappa shape index (κ1) is 19.7. The average molecular weight is 421 g/mol. The first-order valence-corrected chi connectivity index (χ1v) is 11.1. The molecule has 3 aromatic rings. The van der Waals surface area contributed by atoms with E-state index in [1.807, 2.05) is 12.1 Å². The Labute approximate surface area is 180 Å². The Bertz CT molecular complexity index is 1080. The van der Waals surface area contributed by atoms with Crippen LogP contribution in [0.4, 0.5) is 23.1 Å². The van der Waals surface area contributed by atoms with Gasteiger partial charge in [-0.1, -0.05) is 0 Å². The summed E-state index contributed by atoms with van der Waals surface area (Å²) in [6.45, 7) is 5.79. The molecular formula is C22H28N8O. The second-order valence-electron chi connectivity index (χ2n) is 8.14. The summed E-state index contributed by atoms with van der Waals surface area (Å²) in [4.78, 5) is 26.5. The maximum absolute atomic E-state index is 12.5. The lowest BCUT2D eigenvalue weighted by atomic mass is 10.1. The maximum Gasteiger partial charge on any atom is 0.277 e. The number of aromatic nitrogens is 4. The predicted octanol–water partition coefficient (Wildman–Crippen LogP) is 2.25. The highest BCUT2D eigenvalue weighted by molar-refractivity contribution is 5.90. The molecule has 0 atom stereocenters. The Morgan fingerprint density at radius 2 is 1.68 bits per heavy atom. The smallest absolute Gasteiger partial charge is 0.277 e. The van der Waals surface area contributed by atoms with Crippen molar-refractivity contribution >= 4 is 34.0 Å². The van der Waals surface area contributed by atoms with Crippen LogP contribution in [0.3, 0.4) is 0 Å². The standard InChI is InChI=1S/C22H28N8O/c31-21-19-18(15-24-28-21)26-22(30-13-4-9-23-10-14-30)27-20(19)25-16-5-7-17(8-6-16)29-11-2-1-3-12-29/h5-8,15,23H,1-4,9-14H2,(H,28,31)(H,25,26,27). The second kappa shape index (κ2) is 8.89. The molecule has 2 aromatic heterocycles. The van der Waals surface area contributed by atoms with E-state index in [9.17, 15) is 4.79 Å². The molecule has 2 saturated heterocycles. The molecule has 9 heteroatoms. The Hall–Kier alpha value is -3.20. The zero-order chi connectivity index (χ0) is 21.0. The van der Waals surface area contributed by atoms with Gasteiger partial charge < -0.3 is 20.4 Å². The van der Waals surface area contributed by atoms with Gasteiger partial charge in [-0.2, -0.15) is 10.1 Å². The molecule has 162 valence electrons. The third-order valence-electron chi connectivity index (χ3n) is 5.98. The van der Waals surface area contributed by atoms with Crippen molar-refractivity contribution < 1.29 is 0 Å². The number of benzene rings is 1. The van der Waals surface area contributed by atoms with Crippen molar-refractivity contribution in [2.24, 2.45) is 0 Å². The van der Waals surface area contributed by atoms with E-state index in [-0.39, 0.29) is 5.56 Å². The molecule has 3 N–H and O–H groups in total. The lowest BCUT2D eigenvalue weighted by molar-refractivity contribution is 0.578. The topological polar surface area (TPSA) is 102 Å². The number of hydrogen-bond donors (Lipinski definition) is 3. The van der Waals surface area contributed by atoms with Crippen molar-refractivity contribution in [3.05, 3.63) is 40.8 Å². The van der Waals surface area contributed by atoms with Crippen molar-refractivity contribution in [3.63, 3.8) is 0 Å². The van der Waals surface area contributed by atoms with Gasteiger partial charge in [-0.3, -0.25) is 4.79 Å². The van der Waals surface area contributed by atoms with E-state index in [1.165, 1.54) is 24.9 Å². The van der Waals surface area contributed by atoms with Crippen molar-refractivity contribution in [2.45, 2.75) is 25.7 Å². The monoisotopic (exact) mass is 420 g/mol. The number of rotatable bonds is 4. The number of nitrogens with zero attached hydrogens (tertiary/aromatic N) is 5. The van der Waals surface area contributed by atoms with Crippen LogP contribution in [0.25, 0.3) is 10.9 Å². The third kappa shape index (κ3) is 4.32. The summed E-state index contributed by atoms with van der Waals surface area (Å²) in [7, 11) is 0. The van der Waals surface area contributed by atoms with Gasteiger partial charge in [-0.05, 0) is 56.5 Å². The Kier molecular flexibility index (Phi) is 5.66. The lowest BCUT2D eigenvalue weighted by Crippen LogP contribution is -2.30. The maximum atomic E-state index is 12.5. The van der Waals surface area contributed by atoms with E-state index in [2.05, 4.69) is 47.7 Å². The van der Waals surface area contributed by atoms with Crippen LogP contribution in [0.15, 0.2) is 35.3 Å². The summed E-state index contributed by atoms with van der Waals surface area (Å²) in [5, 5.41) is 13.6. The normalized spacial score (nSPS) is 17.5. The average Bonchev–Trinajstić information content (AvgIpc) is 3.10. The van der Waals surface area contributed by atoms with E-state index < -0.39 is 0 Å². The van der Waals surface area contributed by atoms with Crippen LogP contribution in [-0.2, 0) is 0 Å². The van der Waals surface area contributed by atoms with Crippen LogP contribution in [-0.4, -0.2) is 59.4 Å². The molecule has 31 heavy (non-hydrogen) atoms. The van der Waals surface area contributed by atoms with Crippen LogP contribution in [0.5, 0.6) is 0 Å². The fourth-order valence-corrected chi connectivity index (χ4v) is 4.31. The zero-order valence-corrected chi connectivity index (χ0v) is 17.6. The van der Waals surface area contributed by atoms with Crippen molar-refractivity contribution in [1.29, 1.82) is 0 Å². The van der Waals surface area contributed by atoms with Gasteiger partial charge in [0.2, 0.25) is 5.95 Å². The molecule has 4 heterocycles. The van der Waals surface area contributed by atoms with Crippen LogP contribution in [0, 0.1) is 0 Å². The highest BCUT2D eigenvalue weighted by Gasteiger charge is 2.18. The number of fused-ring (bicyclic) bond motifs is 1. The molecule has 0 amide bonds. The Morgan fingerprint density at radius 3 is 2.52 bits per heavy atom. The van der Waals surface area contributed by atoms with Gasteiger partial charge in [0, 0.05) is 44.1 Å². The van der Waals surface area contributed by atoms with Gasteiger partial charge in [-0.15, -0.1) is 0 Å². The van der Waals surface area contributed by atoms with Crippen molar-refractivity contribution in [2.75, 3.05) is 54.4 Å². The van der Waals surface area contributed by atoms with Gasteiger partial charge in [0.15, 0.2) is 0 Å². The minimum absolute atomic E-state index is 0.297. The molecule has 0 radical (unpaired) electrons. The number of nitrogens with one attached hydrogen (secondary N) is 3. The molecular weight excluding hydrogens is 392 g/mol. The van der Waals surface area contributed by atoms with Crippen LogP contribution in [0.1, 0.15) is 25.7 Å². The van der Waals surface area contributed by atoms with Crippen LogP contribution >= 0.6 is 0 Å². The summed E-state index contributed by atoms with van der Waals surface area (Å²) < 4.78 is 0. The van der Waals surface area contributed by atoms with Crippen molar-refractivity contribution in [1.82, 2.24) is 25.5 Å². The summed E-state index contributed by atoms with van der Waals surface area (Å²) in [6, 6.07) is 8.35. The summed E-state index contributed by atoms with van der Waals surface area (Å²) in [5.74, 6) is 1.13. The number of H-pyrrole nitrogens is 1. The first-order chi connectivity index (χ1) is 15.3. The third-order valence-corrected chi connectivity index (χ3v) is 5.98. The molecule has 0 unspecified atom stereocenters. The number of hydrogen-bond acceptors (Lipinski definition) is 8. The largest absolute Gasteiger partial charge is 0.372 e. The zero-order valence-electron chi connectivity index (χ0n) is 17.6. The minimum Gasteiger partial charge on any atom is -0.372 e. The molecule has 9 nitrogen and oxygen atoms in total. The van der Waals surface area contributed by atoms with E-state index in [1.54, 1.807) is 6.20 Å². The highest BCUT2D eigenvalue weighted by atomic mass is 16.1. The summed E-state index contributed by atoms with van der Waals surface area (Å²) >= 11 is 0. The second-order valence-corrected chi connectivity index (χ2v) is 8.14. The minimum atomic E-state index is -0.297. The molecule has 0 aliphatic carbocycles. The summed E-state index contributed by atoms with van der Waals surface area (Å²) in [5.41, 5.74) is 2.37. The summed E-state index contributed by atoms with van der Waals surface area (Å²) in [6.07, 6.45) is 6.42. The molecule has 2 fully saturated rings. The highest BCUT2D eigenvalue weighted by Crippen LogP contribution is 2.26. The SMILES string of the molecule is O=c1[nH]ncc2nc(N3CCCNCC3)nc(Nc3ccc(N4CCCCC4)cc3)c12. The number of aromatic amines is 1. The number of anilines is 4. The molecule has 1 aromatic carbocycles. The van der Waals surface area contributed by atoms with E-state index in [0.29, 0.717) is 22.7 Å². The van der Waals surface area contributed by atoms with E-state index in [4.69, 9.17) is 4.98 Å². The fourth-order valence-electron chi connectivity index (χ4n) is 4.31. The van der Waals surface area contributed by atoms with Crippen LogP contribution in [0.2, 0.25) is 0 Å². The Morgan fingerprint density at radius 1 is 0.871 bits per heavy atom. The van der Waals surface area contributed by atoms with Gasteiger partial charge in [0.05, 0.1) is 6.20 Å². The van der Waals surface area contributed by atoms with Gasteiger partial charge in [0.1, 0.15) is 16.7 Å². The Balaban J connectivity index is 1.47. The fraction of sp³-hybridized carbons (Fsp3) is 0.455. The first-order valence-electron chi connectivity index (χ1n) is 11.1. The van der Waals surface area contributed by atoms with Gasteiger partial charge in [0.25, 0.3) is 5.56 Å². The molecule has 0 bridgehead atoms. The number of piperidine rings is 1.